The van der Waals surface area contributed by atoms with Crippen LogP contribution in [0.1, 0.15) is 10.4 Å². The van der Waals surface area contributed by atoms with Crippen LogP contribution < -0.4 is 5.32 Å². The molecule has 0 aromatic heterocycles. The third-order valence-electron chi connectivity index (χ3n) is 3.46. The number of carbonyl (C=O) groups excluding carboxylic acids is 2. The topological polar surface area (TPSA) is 95.8 Å². The molecule has 1 aromatic carbocycles. The molecule has 21 heavy (non-hydrogen) atoms. The molecule has 1 aliphatic rings. The summed E-state index contributed by atoms with van der Waals surface area (Å²) in [7, 11) is 3.31. The second-order valence-electron chi connectivity index (χ2n) is 4.78. The molecule has 1 aromatic rings. The van der Waals surface area contributed by atoms with Crippen LogP contribution in [0.2, 0.25) is 0 Å². The molecule has 1 saturated heterocycles. The van der Waals surface area contributed by atoms with E-state index < -0.39 is 4.92 Å². The average Bonchev–Trinajstić information content (AvgIpc) is 2.48. The molecule has 1 fully saturated rings. The van der Waals surface area contributed by atoms with Gasteiger partial charge in [-0.3, -0.25) is 19.7 Å². The SMILES string of the molecule is CNc1ccc([N+](=O)[O-])cc1C(=O)N1CCN(C)C(=O)C1. The molecule has 1 aliphatic heterocycles. The number of piperazine rings is 1. The predicted octanol–water partition coefficient (Wildman–Crippen LogP) is 0.551. The predicted molar refractivity (Wildman–Crippen MR) is 76.2 cm³/mol. The van der Waals surface area contributed by atoms with E-state index in [0.29, 0.717) is 18.8 Å². The first-order valence-corrected chi connectivity index (χ1v) is 6.43. The van der Waals surface area contributed by atoms with E-state index in [9.17, 15) is 19.7 Å². The van der Waals surface area contributed by atoms with Gasteiger partial charge in [0.25, 0.3) is 11.6 Å². The van der Waals surface area contributed by atoms with E-state index in [4.69, 9.17) is 0 Å². The van der Waals surface area contributed by atoms with Gasteiger partial charge in [-0.15, -0.1) is 0 Å². The molecule has 1 N–H and O–H groups in total. The highest BCUT2D eigenvalue weighted by Crippen LogP contribution is 2.23. The maximum Gasteiger partial charge on any atom is 0.270 e. The summed E-state index contributed by atoms with van der Waals surface area (Å²) < 4.78 is 0. The van der Waals surface area contributed by atoms with Crippen LogP contribution >= 0.6 is 0 Å². The number of nitrogens with zero attached hydrogens (tertiary/aromatic N) is 3. The van der Waals surface area contributed by atoms with Gasteiger partial charge in [-0.05, 0) is 6.07 Å². The zero-order valence-corrected chi connectivity index (χ0v) is 11.8. The molecule has 8 heteroatoms. The first-order chi connectivity index (χ1) is 9.93. The summed E-state index contributed by atoms with van der Waals surface area (Å²) >= 11 is 0. The van der Waals surface area contributed by atoms with E-state index in [2.05, 4.69) is 5.32 Å². The second kappa shape index (κ2) is 5.78. The fraction of sp³-hybridized carbons (Fsp3) is 0.385. The Balaban J connectivity index is 2.31. The van der Waals surface area contributed by atoms with Gasteiger partial charge in [-0.2, -0.15) is 0 Å². The van der Waals surface area contributed by atoms with E-state index in [1.54, 1.807) is 19.0 Å². The molecule has 0 bridgehead atoms. The number of nitro groups is 1. The zero-order valence-electron chi connectivity index (χ0n) is 11.8. The lowest BCUT2D eigenvalue weighted by molar-refractivity contribution is -0.384. The monoisotopic (exact) mass is 292 g/mol. The van der Waals surface area contributed by atoms with Gasteiger partial charge in [0.1, 0.15) is 6.54 Å². The molecule has 0 aliphatic carbocycles. The van der Waals surface area contributed by atoms with E-state index in [1.165, 1.54) is 23.1 Å². The Morgan fingerprint density at radius 3 is 2.67 bits per heavy atom. The summed E-state index contributed by atoms with van der Waals surface area (Å²) in [5.74, 6) is -0.532. The molecule has 8 nitrogen and oxygen atoms in total. The van der Waals surface area contributed by atoms with Gasteiger partial charge in [0.05, 0.1) is 10.5 Å². The van der Waals surface area contributed by atoms with Crippen molar-refractivity contribution in [1.29, 1.82) is 0 Å². The van der Waals surface area contributed by atoms with E-state index in [1.807, 2.05) is 0 Å². The highest BCUT2D eigenvalue weighted by molar-refractivity contribution is 6.02. The minimum absolute atomic E-state index is 0.0127. The molecular formula is C13H16N4O4. The summed E-state index contributed by atoms with van der Waals surface area (Å²) in [6.45, 7) is 0.850. The van der Waals surface area contributed by atoms with Crippen LogP contribution in [0.4, 0.5) is 11.4 Å². The highest BCUT2D eigenvalue weighted by Gasteiger charge is 2.27. The van der Waals surface area contributed by atoms with Crippen LogP contribution in [0.3, 0.4) is 0 Å². The molecule has 1 heterocycles. The van der Waals surface area contributed by atoms with Crippen molar-refractivity contribution in [3.8, 4) is 0 Å². The highest BCUT2D eigenvalue weighted by atomic mass is 16.6. The van der Waals surface area contributed by atoms with Crippen molar-refractivity contribution in [1.82, 2.24) is 9.80 Å². The molecule has 2 rings (SSSR count). The van der Waals surface area contributed by atoms with Crippen LogP contribution in [-0.4, -0.2) is 60.3 Å². The summed E-state index contributed by atoms with van der Waals surface area (Å²) in [5.41, 5.74) is 0.541. The largest absolute Gasteiger partial charge is 0.387 e. The fourth-order valence-corrected chi connectivity index (χ4v) is 2.14. The Bertz CT molecular complexity index is 602. The Hall–Kier alpha value is -2.64. The number of nitro benzene ring substituents is 1. The molecule has 112 valence electrons. The number of hydrogen-bond acceptors (Lipinski definition) is 5. The molecule has 0 spiro atoms. The van der Waals surface area contributed by atoms with Crippen LogP contribution in [0.5, 0.6) is 0 Å². The number of anilines is 1. The fourth-order valence-electron chi connectivity index (χ4n) is 2.14. The first-order valence-electron chi connectivity index (χ1n) is 6.43. The molecule has 0 atom stereocenters. The third-order valence-corrected chi connectivity index (χ3v) is 3.46. The maximum atomic E-state index is 12.5. The van der Waals surface area contributed by atoms with Crippen molar-refractivity contribution in [3.63, 3.8) is 0 Å². The number of rotatable bonds is 3. The van der Waals surface area contributed by atoms with Gasteiger partial charge < -0.3 is 15.1 Å². The van der Waals surface area contributed by atoms with Crippen molar-refractivity contribution in [3.05, 3.63) is 33.9 Å². The Labute approximate surface area is 121 Å². The molecule has 0 saturated carbocycles. The first kappa shape index (κ1) is 14.8. The second-order valence-corrected chi connectivity index (χ2v) is 4.78. The summed E-state index contributed by atoms with van der Waals surface area (Å²) in [6.07, 6.45) is 0. The molecule has 2 amide bonds. The van der Waals surface area contributed by atoms with E-state index in [0.717, 1.165) is 0 Å². The zero-order chi connectivity index (χ0) is 15.6. The maximum absolute atomic E-state index is 12.5. The van der Waals surface area contributed by atoms with Gasteiger partial charge in [0.2, 0.25) is 5.91 Å². The number of carbonyl (C=O) groups is 2. The van der Waals surface area contributed by atoms with Crippen molar-refractivity contribution in [2.75, 3.05) is 39.0 Å². The van der Waals surface area contributed by atoms with Gasteiger partial charge in [-0.1, -0.05) is 0 Å². The Kier molecular flexibility index (Phi) is 4.06. The van der Waals surface area contributed by atoms with Crippen LogP contribution in [0.25, 0.3) is 0 Å². The minimum atomic E-state index is -0.550. The molecule has 0 radical (unpaired) electrons. The van der Waals surface area contributed by atoms with Gasteiger partial charge in [0.15, 0.2) is 0 Å². The number of non-ortho nitro benzene ring substituents is 1. The van der Waals surface area contributed by atoms with Crippen molar-refractivity contribution in [2.45, 2.75) is 0 Å². The minimum Gasteiger partial charge on any atom is -0.387 e. The van der Waals surface area contributed by atoms with Crippen LogP contribution in [0, 0.1) is 10.1 Å². The van der Waals surface area contributed by atoms with Gasteiger partial charge in [-0.25, -0.2) is 0 Å². The lowest BCUT2D eigenvalue weighted by Crippen LogP contribution is -2.50. The van der Waals surface area contributed by atoms with E-state index in [-0.39, 0.29) is 29.6 Å². The Morgan fingerprint density at radius 1 is 1.38 bits per heavy atom. The quantitative estimate of drug-likeness (QED) is 0.648. The number of benzene rings is 1. The number of amides is 2. The van der Waals surface area contributed by atoms with Crippen molar-refractivity contribution in [2.24, 2.45) is 0 Å². The summed E-state index contributed by atoms with van der Waals surface area (Å²) in [6, 6.07) is 4.05. The normalized spacial score (nSPS) is 15.0. The summed E-state index contributed by atoms with van der Waals surface area (Å²) in [4.78, 5) is 37.4. The smallest absolute Gasteiger partial charge is 0.270 e. The van der Waals surface area contributed by atoms with Crippen LogP contribution in [0.15, 0.2) is 18.2 Å². The van der Waals surface area contributed by atoms with E-state index >= 15 is 0 Å². The summed E-state index contributed by atoms with van der Waals surface area (Å²) in [5, 5.41) is 13.7. The number of likely N-dealkylation sites (N-methyl/N-ethyl adjacent to an activating group) is 1. The standard InChI is InChI=1S/C13H16N4O4/c1-14-11-4-3-9(17(20)21)7-10(11)13(19)16-6-5-15(2)12(18)8-16/h3-4,7,14H,5-6,8H2,1-2H3. The van der Waals surface area contributed by atoms with Crippen molar-refractivity contribution < 1.29 is 14.5 Å². The molecular weight excluding hydrogens is 276 g/mol. The van der Waals surface area contributed by atoms with Gasteiger partial charge >= 0.3 is 0 Å². The number of hydrogen-bond donors (Lipinski definition) is 1. The Morgan fingerprint density at radius 2 is 2.10 bits per heavy atom. The van der Waals surface area contributed by atoms with Crippen molar-refractivity contribution >= 4 is 23.2 Å². The third kappa shape index (κ3) is 2.93. The lowest BCUT2D eigenvalue weighted by Gasteiger charge is -2.32. The average molecular weight is 292 g/mol. The molecule has 0 unspecified atom stereocenters. The number of nitrogens with one attached hydrogen (secondary N) is 1. The van der Waals surface area contributed by atoms with Gasteiger partial charge in [0, 0.05) is 45.0 Å². The lowest BCUT2D eigenvalue weighted by atomic mass is 10.1. The van der Waals surface area contributed by atoms with Crippen LogP contribution in [-0.2, 0) is 4.79 Å².